The van der Waals surface area contributed by atoms with Gasteiger partial charge < -0.3 is 10.4 Å². The maximum atomic E-state index is 12.2. The van der Waals surface area contributed by atoms with Gasteiger partial charge >= 0.3 is 5.97 Å². The molecule has 4 nitrogen and oxygen atoms in total. The van der Waals surface area contributed by atoms with Crippen molar-refractivity contribution in [3.8, 4) is 0 Å². The number of aliphatic carboxylic acids is 1. The van der Waals surface area contributed by atoms with Crippen molar-refractivity contribution in [2.45, 2.75) is 25.0 Å². The first kappa shape index (κ1) is 18.1. The minimum absolute atomic E-state index is 0.0262. The zero-order chi connectivity index (χ0) is 17.4. The van der Waals surface area contributed by atoms with Crippen LogP contribution in [0, 0.1) is 0 Å². The van der Waals surface area contributed by atoms with Gasteiger partial charge in [-0.15, -0.1) is 11.8 Å². The average molecular weight is 343 g/mol. The van der Waals surface area contributed by atoms with E-state index in [2.05, 4.69) is 5.32 Å². The number of thioether (sulfide) groups is 1. The summed E-state index contributed by atoms with van der Waals surface area (Å²) in [4.78, 5) is 22.8. The molecule has 2 N–H and O–H groups in total. The Morgan fingerprint density at radius 1 is 1.12 bits per heavy atom. The molecule has 126 valence electrons. The first-order valence-corrected chi connectivity index (χ1v) is 8.93. The van der Waals surface area contributed by atoms with Crippen LogP contribution in [0.5, 0.6) is 0 Å². The molecule has 24 heavy (non-hydrogen) atoms. The third-order valence-electron chi connectivity index (χ3n) is 3.57. The van der Waals surface area contributed by atoms with E-state index in [-0.39, 0.29) is 17.6 Å². The summed E-state index contributed by atoms with van der Waals surface area (Å²) in [6.07, 6.45) is 0.419. The van der Waals surface area contributed by atoms with Crippen molar-refractivity contribution in [1.82, 2.24) is 0 Å². The first-order chi connectivity index (χ1) is 11.5. The van der Waals surface area contributed by atoms with E-state index in [1.165, 1.54) is 11.8 Å². The number of carbonyl (C=O) groups is 2. The minimum atomic E-state index is -0.820. The fourth-order valence-electron chi connectivity index (χ4n) is 2.38. The van der Waals surface area contributed by atoms with Crippen molar-refractivity contribution < 1.29 is 14.7 Å². The summed E-state index contributed by atoms with van der Waals surface area (Å²) in [6.45, 7) is 2.04. The van der Waals surface area contributed by atoms with E-state index in [9.17, 15) is 9.59 Å². The lowest BCUT2D eigenvalue weighted by Crippen LogP contribution is -2.14. The highest BCUT2D eigenvalue weighted by Gasteiger charge is 2.11. The fourth-order valence-corrected chi connectivity index (χ4v) is 3.08. The number of benzene rings is 2. The van der Waals surface area contributed by atoms with E-state index in [1.54, 1.807) is 0 Å². The van der Waals surface area contributed by atoms with Crippen LogP contribution in [0.15, 0.2) is 54.6 Å². The van der Waals surface area contributed by atoms with E-state index in [1.807, 2.05) is 61.5 Å². The molecule has 1 unspecified atom stereocenters. The maximum absolute atomic E-state index is 12.2. The molecule has 0 bridgehead atoms. The predicted molar refractivity (Wildman–Crippen MR) is 98.3 cm³/mol. The van der Waals surface area contributed by atoms with Gasteiger partial charge in [-0.05, 0) is 29.2 Å². The second-order valence-electron chi connectivity index (χ2n) is 5.65. The van der Waals surface area contributed by atoms with E-state index in [0.29, 0.717) is 12.2 Å². The Morgan fingerprint density at radius 3 is 2.58 bits per heavy atom. The molecule has 5 heteroatoms. The highest BCUT2D eigenvalue weighted by Crippen LogP contribution is 2.20. The molecule has 0 saturated heterocycles. The second-order valence-corrected chi connectivity index (χ2v) is 6.64. The highest BCUT2D eigenvalue weighted by atomic mass is 32.2. The smallest absolute Gasteiger partial charge is 0.313 e. The Labute approximate surface area is 146 Å². The molecule has 1 amide bonds. The molecular formula is C19H21NO3S. The van der Waals surface area contributed by atoms with Crippen LogP contribution in [0.25, 0.3) is 0 Å². The molecule has 1 atom stereocenters. The summed E-state index contributed by atoms with van der Waals surface area (Å²) in [7, 11) is 0. The van der Waals surface area contributed by atoms with Gasteiger partial charge in [0.05, 0.1) is 5.75 Å². The van der Waals surface area contributed by atoms with Gasteiger partial charge in [-0.1, -0.05) is 49.4 Å². The van der Waals surface area contributed by atoms with Crippen molar-refractivity contribution in [2.24, 2.45) is 0 Å². The van der Waals surface area contributed by atoms with Crippen molar-refractivity contribution in [2.75, 3.05) is 11.1 Å². The molecule has 0 aromatic heterocycles. The van der Waals surface area contributed by atoms with E-state index >= 15 is 0 Å². The van der Waals surface area contributed by atoms with Crippen LogP contribution < -0.4 is 5.32 Å². The van der Waals surface area contributed by atoms with Gasteiger partial charge in [0.2, 0.25) is 5.91 Å². The van der Waals surface area contributed by atoms with Crippen LogP contribution in [0.1, 0.15) is 30.4 Å². The molecule has 0 aliphatic carbocycles. The highest BCUT2D eigenvalue weighted by molar-refractivity contribution is 7.99. The lowest BCUT2D eigenvalue weighted by molar-refractivity contribution is -0.133. The van der Waals surface area contributed by atoms with Crippen LogP contribution in [0.2, 0.25) is 0 Å². The Hall–Kier alpha value is -2.27. The number of hydrogen-bond acceptors (Lipinski definition) is 3. The van der Waals surface area contributed by atoms with E-state index < -0.39 is 5.97 Å². The van der Waals surface area contributed by atoms with Crippen molar-refractivity contribution in [3.63, 3.8) is 0 Å². The monoisotopic (exact) mass is 343 g/mol. The molecule has 0 aliphatic heterocycles. The summed E-state index contributed by atoms with van der Waals surface area (Å²) >= 11 is 1.34. The molecular weight excluding hydrogens is 322 g/mol. The molecule has 0 aliphatic rings. The largest absolute Gasteiger partial charge is 0.481 e. The van der Waals surface area contributed by atoms with Crippen LogP contribution in [-0.4, -0.2) is 22.7 Å². The van der Waals surface area contributed by atoms with Crippen molar-refractivity contribution >= 4 is 29.3 Å². The van der Waals surface area contributed by atoms with Crippen LogP contribution in [0.4, 0.5) is 5.69 Å². The second kappa shape index (κ2) is 9.13. The Bertz CT molecular complexity index is 688. The number of rotatable bonds is 8. The Balaban J connectivity index is 1.88. The van der Waals surface area contributed by atoms with E-state index in [4.69, 9.17) is 5.11 Å². The van der Waals surface area contributed by atoms with Crippen LogP contribution in [0.3, 0.4) is 0 Å². The first-order valence-electron chi connectivity index (χ1n) is 7.78. The van der Waals surface area contributed by atoms with E-state index in [0.717, 1.165) is 16.8 Å². The van der Waals surface area contributed by atoms with Crippen molar-refractivity contribution in [1.29, 1.82) is 0 Å². The molecule has 0 spiro atoms. The number of carbonyl (C=O) groups excluding carboxylic acids is 1. The number of carboxylic acids is 1. The quantitative estimate of drug-likeness (QED) is 0.756. The molecule has 2 aromatic carbocycles. The van der Waals surface area contributed by atoms with Gasteiger partial charge in [0.1, 0.15) is 0 Å². The summed E-state index contributed by atoms with van der Waals surface area (Å²) in [5, 5.41) is 11.6. The van der Waals surface area contributed by atoms with Crippen LogP contribution in [-0.2, 0) is 15.3 Å². The van der Waals surface area contributed by atoms with Crippen molar-refractivity contribution in [3.05, 3.63) is 65.7 Å². The number of anilines is 1. The Morgan fingerprint density at radius 2 is 1.88 bits per heavy atom. The third-order valence-corrected chi connectivity index (χ3v) is 4.55. The number of carboxylic acid groups (broad SMARTS) is 1. The maximum Gasteiger partial charge on any atom is 0.313 e. The number of nitrogens with one attached hydrogen (secondary N) is 1. The zero-order valence-electron chi connectivity index (χ0n) is 13.6. The van der Waals surface area contributed by atoms with Gasteiger partial charge in [0, 0.05) is 17.9 Å². The minimum Gasteiger partial charge on any atom is -0.481 e. The third kappa shape index (κ3) is 6.08. The summed E-state index contributed by atoms with van der Waals surface area (Å²) in [5.41, 5.74) is 2.88. The summed E-state index contributed by atoms with van der Waals surface area (Å²) < 4.78 is 0. The molecule has 2 rings (SSSR count). The molecule has 2 aromatic rings. The normalized spacial score (nSPS) is 11.7. The number of hydrogen-bond donors (Lipinski definition) is 2. The molecule has 0 radical (unpaired) electrons. The molecule has 0 heterocycles. The van der Waals surface area contributed by atoms with Gasteiger partial charge in [-0.25, -0.2) is 0 Å². The topological polar surface area (TPSA) is 66.4 Å². The predicted octanol–water partition coefficient (Wildman–Crippen LogP) is 4.14. The van der Waals surface area contributed by atoms with Gasteiger partial charge in [0.15, 0.2) is 0 Å². The molecule has 0 saturated carbocycles. The summed E-state index contributed by atoms with van der Waals surface area (Å²) in [5.74, 6) is -0.0109. The van der Waals surface area contributed by atoms with Gasteiger partial charge in [-0.3, -0.25) is 9.59 Å². The van der Waals surface area contributed by atoms with Crippen LogP contribution >= 0.6 is 11.8 Å². The SMILES string of the molecule is CC(CC(=O)Nc1cccc(CSCC(=O)O)c1)c1ccccc1. The number of amides is 1. The van der Waals surface area contributed by atoms with Gasteiger partial charge in [-0.2, -0.15) is 0 Å². The average Bonchev–Trinajstić information content (AvgIpc) is 2.55. The Kier molecular flexibility index (Phi) is 6.88. The fraction of sp³-hybridized carbons (Fsp3) is 0.263. The zero-order valence-corrected chi connectivity index (χ0v) is 14.4. The standard InChI is InChI=1S/C19H21NO3S/c1-14(16-7-3-2-4-8-16)10-18(21)20-17-9-5-6-15(11-17)12-24-13-19(22)23/h2-9,11,14H,10,12-13H2,1H3,(H,20,21)(H,22,23). The van der Waals surface area contributed by atoms with Gasteiger partial charge in [0.25, 0.3) is 0 Å². The lowest BCUT2D eigenvalue weighted by Gasteiger charge is -2.12. The summed E-state index contributed by atoms with van der Waals surface area (Å²) in [6, 6.07) is 17.5. The molecule has 0 fully saturated rings. The lowest BCUT2D eigenvalue weighted by atomic mass is 9.97.